The van der Waals surface area contributed by atoms with Gasteiger partial charge in [-0.15, -0.1) is 0 Å². The molecule has 6 rings (SSSR count). The van der Waals surface area contributed by atoms with Gasteiger partial charge in [-0.25, -0.2) is 8.78 Å². The van der Waals surface area contributed by atoms with Crippen LogP contribution in [0.25, 0.3) is 10.9 Å². The maximum atomic E-state index is 13.7. The molecule has 0 unspecified atom stereocenters. The SMILES string of the molecule is CN1CCN(c2ccc(C(=O)Nc3n[nH]c4ccc(OCc5ccc(F)c(F)c5)cc34)c(CC3CCOCC3)c2)CC1. The molecule has 2 aliphatic rings. The number of nitrogens with one attached hydrogen (secondary N) is 2. The molecule has 0 saturated carbocycles. The first-order valence-electron chi connectivity index (χ1n) is 14.4. The van der Waals surface area contributed by atoms with Crippen LogP contribution in [-0.4, -0.2) is 67.4 Å². The first-order chi connectivity index (χ1) is 20.4. The van der Waals surface area contributed by atoms with Gasteiger partial charge in [-0.1, -0.05) is 6.07 Å². The molecule has 0 atom stereocenters. The third-order valence-electron chi connectivity index (χ3n) is 8.21. The van der Waals surface area contributed by atoms with Crippen molar-refractivity contribution in [2.24, 2.45) is 5.92 Å². The Morgan fingerprint density at radius 2 is 1.83 bits per heavy atom. The van der Waals surface area contributed by atoms with Crippen LogP contribution in [0.4, 0.5) is 20.3 Å². The van der Waals surface area contributed by atoms with E-state index in [0.717, 1.165) is 87.6 Å². The van der Waals surface area contributed by atoms with Crippen LogP contribution in [0, 0.1) is 17.6 Å². The van der Waals surface area contributed by atoms with Crippen molar-refractivity contribution >= 4 is 28.3 Å². The van der Waals surface area contributed by atoms with E-state index in [1.807, 2.05) is 12.1 Å². The summed E-state index contributed by atoms with van der Waals surface area (Å²) in [6.07, 6.45) is 2.78. The Morgan fingerprint density at radius 1 is 1.02 bits per heavy atom. The Bertz CT molecular complexity index is 1560. The Kier molecular flexibility index (Phi) is 8.34. The van der Waals surface area contributed by atoms with Crippen LogP contribution in [-0.2, 0) is 17.8 Å². The normalized spacial score (nSPS) is 16.6. The van der Waals surface area contributed by atoms with E-state index < -0.39 is 11.6 Å². The number of amides is 1. The molecule has 10 heteroatoms. The number of nitrogens with zero attached hydrogens (tertiary/aromatic N) is 3. The number of rotatable bonds is 8. The number of ether oxygens (including phenoxy) is 2. The minimum atomic E-state index is -0.917. The zero-order valence-corrected chi connectivity index (χ0v) is 23.7. The number of hydrogen-bond acceptors (Lipinski definition) is 6. The Labute approximate surface area is 243 Å². The van der Waals surface area contributed by atoms with Crippen molar-refractivity contribution < 1.29 is 23.0 Å². The number of aromatic amines is 1. The summed E-state index contributed by atoms with van der Waals surface area (Å²) < 4.78 is 38.2. The second kappa shape index (κ2) is 12.5. The Morgan fingerprint density at radius 3 is 2.62 bits per heavy atom. The standard InChI is InChI=1S/C32H35F2N5O3/c1-38-10-12-39(13-11-38)24-3-5-26(23(18-24)16-21-8-14-41-15-9-21)32(40)35-31-27-19-25(4-7-30(27)36-37-31)42-20-22-2-6-28(33)29(34)17-22/h2-7,17-19,21H,8-16,20H2,1H3,(H2,35,36,37,40). The lowest BCUT2D eigenvalue weighted by Crippen LogP contribution is -2.44. The van der Waals surface area contributed by atoms with Crippen LogP contribution in [0.3, 0.4) is 0 Å². The second-order valence-electron chi connectivity index (χ2n) is 11.2. The van der Waals surface area contributed by atoms with Gasteiger partial charge in [-0.05, 0) is 91.9 Å². The number of aromatic nitrogens is 2. The summed E-state index contributed by atoms with van der Waals surface area (Å²) in [5, 5.41) is 11.0. The fourth-order valence-electron chi connectivity index (χ4n) is 5.64. The minimum absolute atomic E-state index is 0.0669. The number of anilines is 2. The topological polar surface area (TPSA) is 82.7 Å². The van der Waals surface area contributed by atoms with Crippen LogP contribution in [0.15, 0.2) is 54.6 Å². The molecular weight excluding hydrogens is 540 g/mol. The zero-order chi connectivity index (χ0) is 29.1. The quantitative estimate of drug-likeness (QED) is 0.293. The van der Waals surface area contributed by atoms with Gasteiger partial charge in [-0.2, -0.15) is 5.10 Å². The summed E-state index contributed by atoms with van der Waals surface area (Å²) in [6, 6.07) is 15.2. The average molecular weight is 576 g/mol. The molecule has 2 aliphatic heterocycles. The monoisotopic (exact) mass is 575 g/mol. The number of H-pyrrole nitrogens is 1. The van der Waals surface area contributed by atoms with Gasteiger partial charge in [0.25, 0.3) is 5.91 Å². The highest BCUT2D eigenvalue weighted by Crippen LogP contribution is 2.30. The first kappa shape index (κ1) is 28.1. The van der Waals surface area contributed by atoms with Crippen molar-refractivity contribution in [1.29, 1.82) is 0 Å². The lowest BCUT2D eigenvalue weighted by atomic mass is 9.89. The highest BCUT2D eigenvalue weighted by molar-refractivity contribution is 6.09. The van der Waals surface area contributed by atoms with E-state index in [4.69, 9.17) is 9.47 Å². The highest BCUT2D eigenvalue weighted by Gasteiger charge is 2.22. The molecule has 3 aromatic carbocycles. The summed E-state index contributed by atoms with van der Waals surface area (Å²) in [5.41, 5.74) is 4.06. The predicted molar refractivity (Wildman–Crippen MR) is 158 cm³/mol. The molecule has 2 saturated heterocycles. The van der Waals surface area contributed by atoms with E-state index >= 15 is 0 Å². The fraction of sp³-hybridized carbons (Fsp3) is 0.375. The molecule has 0 aliphatic carbocycles. The van der Waals surface area contributed by atoms with Gasteiger partial charge in [0.05, 0.1) is 5.52 Å². The van der Waals surface area contributed by atoms with Crippen LogP contribution >= 0.6 is 0 Å². The molecule has 3 heterocycles. The molecular formula is C32H35F2N5O3. The Balaban J connectivity index is 1.21. The van der Waals surface area contributed by atoms with E-state index in [-0.39, 0.29) is 12.5 Å². The maximum Gasteiger partial charge on any atom is 0.257 e. The van der Waals surface area contributed by atoms with E-state index in [9.17, 15) is 13.6 Å². The largest absolute Gasteiger partial charge is 0.489 e. The molecule has 2 N–H and O–H groups in total. The maximum absolute atomic E-state index is 13.7. The molecule has 42 heavy (non-hydrogen) atoms. The van der Waals surface area contributed by atoms with Crippen molar-refractivity contribution in [3.63, 3.8) is 0 Å². The number of halogens is 2. The molecule has 1 aromatic heterocycles. The number of benzene rings is 3. The van der Waals surface area contributed by atoms with E-state index in [0.29, 0.717) is 34.0 Å². The number of hydrogen-bond donors (Lipinski definition) is 2. The summed E-state index contributed by atoms with van der Waals surface area (Å²) >= 11 is 0. The van der Waals surface area contributed by atoms with Gasteiger partial charge in [0, 0.05) is 56.0 Å². The summed E-state index contributed by atoms with van der Waals surface area (Å²) in [6.45, 7) is 5.51. The first-order valence-corrected chi connectivity index (χ1v) is 14.4. The number of likely N-dealkylation sites (N-methyl/N-ethyl adjacent to an activating group) is 1. The average Bonchev–Trinajstić information content (AvgIpc) is 3.40. The third-order valence-corrected chi connectivity index (χ3v) is 8.21. The van der Waals surface area contributed by atoms with E-state index in [1.165, 1.54) is 6.07 Å². The zero-order valence-electron chi connectivity index (χ0n) is 23.7. The number of carbonyl (C=O) groups is 1. The van der Waals surface area contributed by atoms with Crippen LogP contribution in [0.5, 0.6) is 5.75 Å². The fourth-order valence-corrected chi connectivity index (χ4v) is 5.64. The highest BCUT2D eigenvalue weighted by atomic mass is 19.2. The molecule has 2 fully saturated rings. The number of fused-ring (bicyclic) bond motifs is 1. The molecule has 0 spiro atoms. The Hall–Kier alpha value is -4.02. The van der Waals surface area contributed by atoms with Crippen molar-refractivity contribution in [2.75, 3.05) is 56.7 Å². The third kappa shape index (κ3) is 6.39. The van der Waals surface area contributed by atoms with Crippen molar-refractivity contribution in [3.8, 4) is 5.75 Å². The van der Waals surface area contributed by atoms with Crippen LogP contribution in [0.2, 0.25) is 0 Å². The van der Waals surface area contributed by atoms with Gasteiger partial charge in [0.2, 0.25) is 0 Å². The van der Waals surface area contributed by atoms with Gasteiger partial charge < -0.3 is 24.6 Å². The molecule has 0 bridgehead atoms. The number of carbonyl (C=O) groups excluding carboxylic acids is 1. The summed E-state index contributed by atoms with van der Waals surface area (Å²) in [7, 11) is 2.14. The van der Waals surface area contributed by atoms with Crippen molar-refractivity contribution in [3.05, 3.63) is 82.9 Å². The van der Waals surface area contributed by atoms with Crippen LogP contribution < -0.4 is 15.0 Å². The second-order valence-corrected chi connectivity index (χ2v) is 11.2. The lowest BCUT2D eigenvalue weighted by molar-refractivity contribution is 0.0664. The molecule has 4 aromatic rings. The van der Waals surface area contributed by atoms with E-state index in [1.54, 1.807) is 18.2 Å². The molecule has 220 valence electrons. The predicted octanol–water partition coefficient (Wildman–Crippen LogP) is 5.39. The minimum Gasteiger partial charge on any atom is -0.489 e. The van der Waals surface area contributed by atoms with Crippen molar-refractivity contribution in [1.82, 2.24) is 15.1 Å². The summed E-state index contributed by atoms with van der Waals surface area (Å²) in [5.74, 6) is -0.658. The smallest absolute Gasteiger partial charge is 0.257 e. The lowest BCUT2D eigenvalue weighted by Gasteiger charge is -2.34. The van der Waals surface area contributed by atoms with Gasteiger partial charge in [-0.3, -0.25) is 9.89 Å². The van der Waals surface area contributed by atoms with Gasteiger partial charge in [0.15, 0.2) is 17.5 Å². The molecule has 8 nitrogen and oxygen atoms in total. The molecule has 1 amide bonds. The van der Waals surface area contributed by atoms with Crippen LogP contribution in [0.1, 0.15) is 34.3 Å². The van der Waals surface area contributed by atoms with Crippen molar-refractivity contribution in [2.45, 2.75) is 25.9 Å². The van der Waals surface area contributed by atoms with E-state index in [2.05, 4.69) is 38.4 Å². The molecule has 0 radical (unpaired) electrons. The summed E-state index contributed by atoms with van der Waals surface area (Å²) in [4.78, 5) is 18.4. The van der Waals surface area contributed by atoms with Gasteiger partial charge in [0.1, 0.15) is 12.4 Å². The van der Waals surface area contributed by atoms with Gasteiger partial charge >= 0.3 is 0 Å². The number of piperazine rings is 1.